The van der Waals surface area contributed by atoms with E-state index in [1.165, 1.54) is 6.08 Å². The van der Waals surface area contributed by atoms with E-state index in [2.05, 4.69) is 5.32 Å². The van der Waals surface area contributed by atoms with E-state index in [1.54, 1.807) is 24.3 Å². The Bertz CT molecular complexity index is 663. The van der Waals surface area contributed by atoms with Crippen molar-refractivity contribution in [1.82, 2.24) is 0 Å². The average molecular weight is 316 g/mol. The van der Waals surface area contributed by atoms with Crippen LogP contribution >= 0.6 is 11.6 Å². The quantitative estimate of drug-likeness (QED) is 0.806. The summed E-state index contributed by atoms with van der Waals surface area (Å²) in [6.07, 6.45) is 3.27. The number of carbonyl (C=O) groups excluding carboxylic acids is 1. The molecule has 0 bridgehead atoms. The van der Waals surface area contributed by atoms with Crippen molar-refractivity contribution in [3.63, 3.8) is 0 Å². The molecule has 0 unspecified atom stereocenters. The molecule has 0 radical (unpaired) electrons. The minimum atomic E-state index is -0.211. The van der Waals surface area contributed by atoms with Crippen LogP contribution in [0.25, 0.3) is 6.08 Å². The Morgan fingerprint density at radius 3 is 2.45 bits per heavy atom. The van der Waals surface area contributed by atoms with Crippen LogP contribution in [-0.2, 0) is 4.79 Å². The number of carbonyl (C=O) groups is 1. The number of hydrogen-bond donors (Lipinski definition) is 1. The largest absolute Gasteiger partial charge is 0.491 e. The molecule has 0 fully saturated rings. The molecular formula is C18H18ClNO2. The number of amides is 1. The van der Waals surface area contributed by atoms with Gasteiger partial charge in [0.1, 0.15) is 5.75 Å². The molecule has 0 saturated heterocycles. The highest BCUT2D eigenvalue weighted by molar-refractivity contribution is 6.32. The third-order valence-electron chi connectivity index (χ3n) is 2.81. The average Bonchev–Trinajstić information content (AvgIpc) is 2.48. The second-order valence-electron chi connectivity index (χ2n) is 5.04. The van der Waals surface area contributed by atoms with E-state index < -0.39 is 0 Å². The second kappa shape index (κ2) is 7.66. The molecule has 2 aromatic rings. The number of benzene rings is 2. The van der Waals surface area contributed by atoms with E-state index in [0.29, 0.717) is 10.7 Å². The van der Waals surface area contributed by atoms with Crippen LogP contribution < -0.4 is 10.1 Å². The fraction of sp³-hybridized carbons (Fsp3) is 0.167. The lowest BCUT2D eigenvalue weighted by molar-refractivity contribution is -0.111. The van der Waals surface area contributed by atoms with Crippen LogP contribution in [0.15, 0.2) is 54.6 Å². The van der Waals surface area contributed by atoms with Crippen molar-refractivity contribution >= 4 is 29.3 Å². The third kappa shape index (κ3) is 4.93. The Balaban J connectivity index is 1.96. The Labute approximate surface area is 135 Å². The van der Waals surface area contributed by atoms with Crippen LogP contribution in [0.1, 0.15) is 19.4 Å². The van der Waals surface area contributed by atoms with Crippen LogP contribution in [0.5, 0.6) is 5.75 Å². The maximum Gasteiger partial charge on any atom is 0.248 e. The topological polar surface area (TPSA) is 38.3 Å². The van der Waals surface area contributed by atoms with Crippen molar-refractivity contribution in [3.8, 4) is 5.75 Å². The molecule has 22 heavy (non-hydrogen) atoms. The molecule has 2 aromatic carbocycles. The van der Waals surface area contributed by atoms with Crippen LogP contribution in [0.2, 0.25) is 5.02 Å². The van der Waals surface area contributed by atoms with Crippen LogP contribution in [0.4, 0.5) is 5.69 Å². The maximum atomic E-state index is 11.9. The maximum absolute atomic E-state index is 11.9. The zero-order valence-electron chi connectivity index (χ0n) is 12.5. The van der Waals surface area contributed by atoms with Gasteiger partial charge < -0.3 is 10.1 Å². The van der Waals surface area contributed by atoms with Crippen molar-refractivity contribution in [3.05, 3.63) is 65.2 Å². The molecule has 0 aliphatic rings. The van der Waals surface area contributed by atoms with Crippen LogP contribution in [0, 0.1) is 0 Å². The minimum Gasteiger partial charge on any atom is -0.491 e. The number of nitrogens with one attached hydrogen (secondary N) is 1. The highest BCUT2D eigenvalue weighted by atomic mass is 35.5. The van der Waals surface area contributed by atoms with Gasteiger partial charge in [0.2, 0.25) is 5.91 Å². The molecule has 1 amide bonds. The van der Waals surface area contributed by atoms with Gasteiger partial charge in [0, 0.05) is 16.8 Å². The van der Waals surface area contributed by atoms with Gasteiger partial charge >= 0.3 is 0 Å². The summed E-state index contributed by atoms with van der Waals surface area (Å²) >= 11 is 6.03. The summed E-state index contributed by atoms with van der Waals surface area (Å²) in [6.45, 7) is 3.93. The lowest BCUT2D eigenvalue weighted by atomic mass is 10.2. The summed E-state index contributed by atoms with van der Waals surface area (Å²) in [5, 5.41) is 3.40. The summed E-state index contributed by atoms with van der Waals surface area (Å²) in [6, 6.07) is 14.6. The van der Waals surface area contributed by atoms with Gasteiger partial charge in [-0.15, -0.1) is 0 Å². The molecule has 1 N–H and O–H groups in total. The SMILES string of the molecule is CC(C)Oc1ccc(NC(=O)C=Cc2ccccc2Cl)cc1. The highest BCUT2D eigenvalue weighted by Crippen LogP contribution is 2.18. The van der Waals surface area contributed by atoms with E-state index in [9.17, 15) is 4.79 Å². The van der Waals surface area contributed by atoms with Crippen molar-refractivity contribution in [2.45, 2.75) is 20.0 Å². The molecule has 0 saturated carbocycles. The number of halogens is 1. The molecule has 0 spiro atoms. The molecule has 0 aliphatic heterocycles. The van der Waals surface area contributed by atoms with Crippen molar-refractivity contribution in [2.75, 3.05) is 5.32 Å². The van der Waals surface area contributed by atoms with E-state index in [1.807, 2.05) is 44.2 Å². The summed E-state index contributed by atoms with van der Waals surface area (Å²) in [5.41, 5.74) is 1.52. The minimum absolute atomic E-state index is 0.124. The first-order chi connectivity index (χ1) is 10.5. The van der Waals surface area contributed by atoms with Gasteiger partial charge in [-0.25, -0.2) is 0 Å². The number of hydrogen-bond acceptors (Lipinski definition) is 2. The fourth-order valence-electron chi connectivity index (χ4n) is 1.85. The van der Waals surface area contributed by atoms with Gasteiger partial charge in [-0.05, 0) is 55.8 Å². The highest BCUT2D eigenvalue weighted by Gasteiger charge is 2.01. The zero-order chi connectivity index (χ0) is 15.9. The summed E-state index contributed by atoms with van der Waals surface area (Å²) in [4.78, 5) is 11.9. The Morgan fingerprint density at radius 1 is 1.14 bits per heavy atom. The summed E-state index contributed by atoms with van der Waals surface area (Å²) in [5.74, 6) is 0.567. The van der Waals surface area contributed by atoms with Crippen LogP contribution in [0.3, 0.4) is 0 Å². The predicted octanol–water partition coefficient (Wildman–Crippen LogP) is 4.78. The third-order valence-corrected chi connectivity index (χ3v) is 3.16. The molecule has 0 heterocycles. The first-order valence-corrected chi connectivity index (χ1v) is 7.42. The second-order valence-corrected chi connectivity index (χ2v) is 5.44. The summed E-state index contributed by atoms with van der Waals surface area (Å²) in [7, 11) is 0. The number of anilines is 1. The van der Waals surface area contributed by atoms with Gasteiger partial charge in [0.05, 0.1) is 6.10 Å². The molecular weight excluding hydrogens is 298 g/mol. The van der Waals surface area contributed by atoms with Gasteiger partial charge in [0.15, 0.2) is 0 Å². The van der Waals surface area contributed by atoms with Gasteiger partial charge in [0.25, 0.3) is 0 Å². The molecule has 0 aliphatic carbocycles. The molecule has 114 valence electrons. The zero-order valence-corrected chi connectivity index (χ0v) is 13.3. The van der Waals surface area contributed by atoms with Crippen molar-refractivity contribution in [1.29, 1.82) is 0 Å². The van der Waals surface area contributed by atoms with Crippen molar-refractivity contribution < 1.29 is 9.53 Å². The number of ether oxygens (including phenoxy) is 1. The molecule has 2 rings (SSSR count). The van der Waals surface area contributed by atoms with Gasteiger partial charge in [-0.1, -0.05) is 29.8 Å². The van der Waals surface area contributed by atoms with Crippen molar-refractivity contribution in [2.24, 2.45) is 0 Å². The van der Waals surface area contributed by atoms with E-state index in [-0.39, 0.29) is 12.0 Å². The number of rotatable bonds is 5. The van der Waals surface area contributed by atoms with E-state index in [0.717, 1.165) is 11.3 Å². The van der Waals surface area contributed by atoms with Crippen LogP contribution in [-0.4, -0.2) is 12.0 Å². The van der Waals surface area contributed by atoms with E-state index >= 15 is 0 Å². The Hall–Kier alpha value is -2.26. The predicted molar refractivity (Wildman–Crippen MR) is 91.3 cm³/mol. The molecule has 4 heteroatoms. The Morgan fingerprint density at radius 2 is 1.82 bits per heavy atom. The lowest BCUT2D eigenvalue weighted by Crippen LogP contribution is -2.08. The molecule has 0 aromatic heterocycles. The first kappa shape index (κ1) is 16.1. The van der Waals surface area contributed by atoms with E-state index in [4.69, 9.17) is 16.3 Å². The normalized spacial score (nSPS) is 10.9. The van der Waals surface area contributed by atoms with Gasteiger partial charge in [-0.2, -0.15) is 0 Å². The monoisotopic (exact) mass is 315 g/mol. The Kier molecular flexibility index (Phi) is 5.61. The lowest BCUT2D eigenvalue weighted by Gasteiger charge is -2.10. The standard InChI is InChI=1S/C18H18ClNO2/c1-13(2)22-16-10-8-15(9-11-16)20-18(21)12-7-14-5-3-4-6-17(14)19/h3-13H,1-2H3,(H,20,21). The molecule has 0 atom stereocenters. The smallest absolute Gasteiger partial charge is 0.248 e. The van der Waals surface area contributed by atoms with Gasteiger partial charge in [-0.3, -0.25) is 4.79 Å². The first-order valence-electron chi connectivity index (χ1n) is 7.05. The fourth-order valence-corrected chi connectivity index (χ4v) is 2.05. The molecule has 3 nitrogen and oxygen atoms in total. The summed E-state index contributed by atoms with van der Waals surface area (Å²) < 4.78 is 5.55.